The molecule has 0 aliphatic heterocycles. The van der Waals surface area contributed by atoms with Gasteiger partial charge in [-0.05, 0) is 37.8 Å². The highest BCUT2D eigenvalue weighted by molar-refractivity contribution is 5.98. The van der Waals surface area contributed by atoms with Crippen LogP contribution >= 0.6 is 0 Å². The van der Waals surface area contributed by atoms with Crippen molar-refractivity contribution in [2.24, 2.45) is 0 Å². The molecule has 3 heteroatoms. The van der Waals surface area contributed by atoms with Gasteiger partial charge in [0.15, 0.2) is 5.78 Å². The fourth-order valence-electron chi connectivity index (χ4n) is 2.12. The molecule has 2 rings (SSSR count). The first-order valence-electron chi connectivity index (χ1n) is 5.83. The predicted octanol–water partition coefficient (Wildman–Crippen LogP) is 4.04. The number of carbonyl (C=O) groups excluding carboxylic acids is 1. The van der Waals surface area contributed by atoms with E-state index in [1.54, 1.807) is 0 Å². The third-order valence-electron chi connectivity index (χ3n) is 3.01. The Hall–Kier alpha value is -1.51. The number of allylic oxidation sites excluding steroid dienone is 2. The van der Waals surface area contributed by atoms with Gasteiger partial charge in [-0.2, -0.15) is 0 Å². The normalized spacial score (nSPS) is 15.5. The fourth-order valence-corrected chi connectivity index (χ4v) is 2.12. The molecule has 0 saturated carbocycles. The van der Waals surface area contributed by atoms with Crippen LogP contribution < -0.4 is 0 Å². The highest BCUT2D eigenvalue weighted by Gasteiger charge is 2.18. The summed E-state index contributed by atoms with van der Waals surface area (Å²) in [6.07, 6.45) is 6.16. The first-order chi connectivity index (χ1) is 8.18. The summed E-state index contributed by atoms with van der Waals surface area (Å²) in [5.41, 5.74) is 0.600. The second-order valence-corrected chi connectivity index (χ2v) is 4.30. The van der Waals surface area contributed by atoms with Gasteiger partial charge in [-0.15, -0.1) is 0 Å². The minimum Gasteiger partial charge on any atom is -0.294 e. The average molecular weight is 236 g/mol. The van der Waals surface area contributed by atoms with E-state index in [2.05, 4.69) is 0 Å². The van der Waals surface area contributed by atoms with E-state index < -0.39 is 23.0 Å². The van der Waals surface area contributed by atoms with Crippen LogP contribution in [0.15, 0.2) is 29.8 Å². The van der Waals surface area contributed by atoms with Crippen LogP contribution in [0.2, 0.25) is 0 Å². The summed E-state index contributed by atoms with van der Waals surface area (Å²) in [5, 5.41) is 0. The summed E-state index contributed by atoms with van der Waals surface area (Å²) in [4.78, 5) is 11.8. The molecule has 0 N–H and O–H groups in total. The highest BCUT2D eigenvalue weighted by atomic mass is 19.1. The van der Waals surface area contributed by atoms with Crippen LogP contribution in [0.25, 0.3) is 0 Å². The lowest BCUT2D eigenvalue weighted by Gasteiger charge is -2.12. The third kappa shape index (κ3) is 2.78. The lowest BCUT2D eigenvalue weighted by atomic mass is 9.93. The Morgan fingerprint density at radius 1 is 1.18 bits per heavy atom. The van der Waals surface area contributed by atoms with Gasteiger partial charge in [0.2, 0.25) is 0 Å². The molecule has 90 valence electrons. The molecule has 1 nitrogen and oxygen atoms in total. The average Bonchev–Trinajstić information content (AvgIpc) is 2.30. The molecule has 0 atom stereocenters. The first kappa shape index (κ1) is 12.0. The van der Waals surface area contributed by atoms with Gasteiger partial charge in [0.1, 0.15) is 11.6 Å². The fraction of sp³-hybridized carbons (Fsp3) is 0.357. The molecule has 1 aromatic rings. The molecular weight excluding hydrogens is 222 g/mol. The van der Waals surface area contributed by atoms with E-state index >= 15 is 0 Å². The summed E-state index contributed by atoms with van der Waals surface area (Å²) in [6.45, 7) is 0. The zero-order valence-electron chi connectivity index (χ0n) is 9.51. The smallest absolute Gasteiger partial charge is 0.172 e. The van der Waals surface area contributed by atoms with Crippen LogP contribution in [0.3, 0.4) is 0 Å². The van der Waals surface area contributed by atoms with Gasteiger partial charge >= 0.3 is 0 Å². The van der Waals surface area contributed by atoms with E-state index in [1.807, 2.05) is 6.08 Å². The Kier molecular flexibility index (Phi) is 3.67. The van der Waals surface area contributed by atoms with E-state index in [4.69, 9.17) is 0 Å². The number of hydrogen-bond acceptors (Lipinski definition) is 1. The summed E-state index contributed by atoms with van der Waals surface area (Å²) in [5.74, 6) is -2.01. The van der Waals surface area contributed by atoms with E-state index in [1.165, 1.54) is 6.07 Å². The third-order valence-corrected chi connectivity index (χ3v) is 3.01. The van der Waals surface area contributed by atoms with Gasteiger partial charge < -0.3 is 0 Å². The number of hydrogen-bond donors (Lipinski definition) is 0. The molecule has 0 heterocycles. The molecule has 0 fully saturated rings. The van der Waals surface area contributed by atoms with Crippen LogP contribution in [-0.4, -0.2) is 5.78 Å². The predicted molar refractivity (Wildman–Crippen MR) is 61.9 cm³/mol. The van der Waals surface area contributed by atoms with Crippen molar-refractivity contribution < 1.29 is 13.6 Å². The monoisotopic (exact) mass is 236 g/mol. The topological polar surface area (TPSA) is 17.1 Å². The van der Waals surface area contributed by atoms with Crippen molar-refractivity contribution in [2.75, 3.05) is 0 Å². The maximum atomic E-state index is 13.4. The van der Waals surface area contributed by atoms with Crippen molar-refractivity contribution in [3.63, 3.8) is 0 Å². The lowest BCUT2D eigenvalue weighted by molar-refractivity contribution is 0.0983. The molecule has 1 aromatic carbocycles. The van der Waals surface area contributed by atoms with E-state index in [0.717, 1.165) is 43.4 Å². The quantitative estimate of drug-likeness (QED) is 0.572. The molecule has 0 radical (unpaired) electrons. The van der Waals surface area contributed by atoms with Crippen LogP contribution in [-0.2, 0) is 0 Å². The van der Waals surface area contributed by atoms with Crippen LogP contribution in [0, 0.1) is 11.6 Å². The molecule has 0 bridgehead atoms. The largest absolute Gasteiger partial charge is 0.294 e. The van der Waals surface area contributed by atoms with Crippen LogP contribution in [0.5, 0.6) is 0 Å². The molecular formula is C14H14F2O. The number of Topliss-reactive ketones (excluding diaryl/α,β-unsaturated/α-hetero) is 1. The van der Waals surface area contributed by atoms with Gasteiger partial charge in [0.25, 0.3) is 0 Å². The van der Waals surface area contributed by atoms with Crippen LogP contribution in [0.1, 0.15) is 42.5 Å². The van der Waals surface area contributed by atoms with Crippen molar-refractivity contribution in [1.82, 2.24) is 0 Å². The Morgan fingerprint density at radius 2 is 1.88 bits per heavy atom. The second-order valence-electron chi connectivity index (χ2n) is 4.30. The van der Waals surface area contributed by atoms with Gasteiger partial charge in [0, 0.05) is 6.42 Å². The van der Waals surface area contributed by atoms with Gasteiger partial charge in [-0.25, -0.2) is 8.78 Å². The van der Waals surface area contributed by atoms with Crippen molar-refractivity contribution in [2.45, 2.75) is 32.1 Å². The summed E-state index contributed by atoms with van der Waals surface area (Å²) in [6, 6.07) is 3.50. The molecule has 0 saturated heterocycles. The van der Waals surface area contributed by atoms with Crippen molar-refractivity contribution in [3.8, 4) is 0 Å². The van der Waals surface area contributed by atoms with Gasteiger partial charge in [-0.1, -0.05) is 17.7 Å². The SMILES string of the molecule is O=C(CC1=CCCCC1)c1c(F)cccc1F. The standard InChI is InChI=1S/C14H14F2O/c15-11-7-4-8-12(16)14(11)13(17)9-10-5-2-1-3-6-10/h4-5,7-8H,1-3,6,9H2. The Balaban J connectivity index is 2.17. The van der Waals surface area contributed by atoms with Crippen LogP contribution in [0.4, 0.5) is 8.78 Å². The minimum absolute atomic E-state index is 0.137. The Morgan fingerprint density at radius 3 is 2.47 bits per heavy atom. The Labute approximate surface area is 99.1 Å². The summed E-state index contributed by atoms with van der Waals surface area (Å²) < 4.78 is 26.7. The number of benzene rings is 1. The van der Waals surface area contributed by atoms with Crippen molar-refractivity contribution in [3.05, 3.63) is 47.0 Å². The number of halogens is 2. The van der Waals surface area contributed by atoms with Gasteiger partial charge in [0.05, 0.1) is 5.56 Å². The number of rotatable bonds is 3. The van der Waals surface area contributed by atoms with Crippen molar-refractivity contribution in [1.29, 1.82) is 0 Å². The highest BCUT2D eigenvalue weighted by Crippen LogP contribution is 2.23. The maximum absolute atomic E-state index is 13.4. The van der Waals surface area contributed by atoms with E-state index in [9.17, 15) is 13.6 Å². The number of carbonyl (C=O) groups is 1. The lowest BCUT2D eigenvalue weighted by Crippen LogP contribution is -2.08. The zero-order chi connectivity index (χ0) is 12.3. The van der Waals surface area contributed by atoms with Crippen molar-refractivity contribution >= 4 is 5.78 Å². The molecule has 0 aromatic heterocycles. The minimum atomic E-state index is -0.772. The second kappa shape index (κ2) is 5.21. The molecule has 1 aliphatic rings. The number of ketones is 1. The maximum Gasteiger partial charge on any atom is 0.172 e. The zero-order valence-corrected chi connectivity index (χ0v) is 9.51. The van der Waals surface area contributed by atoms with E-state index in [0.29, 0.717) is 0 Å². The first-order valence-corrected chi connectivity index (χ1v) is 5.83. The summed E-state index contributed by atoms with van der Waals surface area (Å²) >= 11 is 0. The molecule has 0 spiro atoms. The molecule has 17 heavy (non-hydrogen) atoms. The molecule has 0 unspecified atom stereocenters. The molecule has 0 amide bonds. The molecule has 1 aliphatic carbocycles. The van der Waals surface area contributed by atoms with E-state index in [-0.39, 0.29) is 6.42 Å². The van der Waals surface area contributed by atoms with Gasteiger partial charge in [-0.3, -0.25) is 4.79 Å². The Bertz CT molecular complexity index is 443. The summed E-state index contributed by atoms with van der Waals surface area (Å²) in [7, 11) is 0.